The highest BCUT2D eigenvalue weighted by molar-refractivity contribution is 4.75. The standard InChI is InChI=1S/C17H34N2O/c1-4-18-9-5-16(6-10-18)14-20-17-7-11-19(12-8-17)13-15(2)3/h15-17H,4-14H2,1-3H3. The zero-order valence-corrected chi connectivity index (χ0v) is 13.8. The second-order valence-corrected chi connectivity index (χ2v) is 7.10. The van der Waals surface area contributed by atoms with E-state index < -0.39 is 0 Å². The molecule has 0 radical (unpaired) electrons. The molecule has 0 aromatic carbocycles. The molecule has 2 rings (SSSR count). The van der Waals surface area contributed by atoms with Gasteiger partial charge in [-0.25, -0.2) is 0 Å². The van der Waals surface area contributed by atoms with Crippen LogP contribution in [0, 0.1) is 11.8 Å². The lowest BCUT2D eigenvalue weighted by atomic mass is 9.97. The molecule has 2 aliphatic heterocycles. The van der Waals surface area contributed by atoms with Crippen LogP contribution in [0.4, 0.5) is 0 Å². The monoisotopic (exact) mass is 282 g/mol. The molecule has 0 aliphatic carbocycles. The summed E-state index contributed by atoms with van der Waals surface area (Å²) in [4.78, 5) is 5.16. The molecule has 0 N–H and O–H groups in total. The molecule has 2 fully saturated rings. The molecule has 3 nitrogen and oxygen atoms in total. The summed E-state index contributed by atoms with van der Waals surface area (Å²) in [5.74, 6) is 1.60. The third-order valence-electron chi connectivity index (χ3n) is 4.88. The number of piperidine rings is 2. The quantitative estimate of drug-likeness (QED) is 0.745. The maximum absolute atomic E-state index is 6.20. The van der Waals surface area contributed by atoms with Crippen LogP contribution in [0.15, 0.2) is 0 Å². The third-order valence-corrected chi connectivity index (χ3v) is 4.88. The molecule has 0 bridgehead atoms. The molecule has 20 heavy (non-hydrogen) atoms. The fraction of sp³-hybridized carbons (Fsp3) is 1.00. The number of nitrogens with zero attached hydrogens (tertiary/aromatic N) is 2. The lowest BCUT2D eigenvalue weighted by Crippen LogP contribution is -2.40. The van der Waals surface area contributed by atoms with E-state index in [9.17, 15) is 0 Å². The van der Waals surface area contributed by atoms with E-state index in [1.165, 1.54) is 65.0 Å². The van der Waals surface area contributed by atoms with Gasteiger partial charge in [0, 0.05) is 26.2 Å². The van der Waals surface area contributed by atoms with E-state index in [2.05, 4.69) is 30.6 Å². The van der Waals surface area contributed by atoms with Crippen molar-refractivity contribution in [2.45, 2.75) is 52.6 Å². The molecule has 0 amide bonds. The molecule has 0 saturated carbocycles. The van der Waals surface area contributed by atoms with Crippen LogP contribution in [-0.2, 0) is 4.74 Å². The zero-order chi connectivity index (χ0) is 14.4. The number of ether oxygens (including phenoxy) is 1. The normalized spacial score (nSPS) is 24.6. The first-order chi connectivity index (χ1) is 9.67. The summed E-state index contributed by atoms with van der Waals surface area (Å²) in [6.07, 6.45) is 5.67. The largest absolute Gasteiger partial charge is 0.378 e. The molecule has 0 spiro atoms. The number of hydrogen-bond donors (Lipinski definition) is 0. The van der Waals surface area contributed by atoms with Crippen molar-refractivity contribution in [2.24, 2.45) is 11.8 Å². The van der Waals surface area contributed by atoms with Crippen LogP contribution in [0.1, 0.15) is 46.5 Å². The smallest absolute Gasteiger partial charge is 0.0599 e. The second kappa shape index (κ2) is 8.35. The van der Waals surface area contributed by atoms with Crippen molar-refractivity contribution < 1.29 is 4.74 Å². The lowest BCUT2D eigenvalue weighted by molar-refractivity contribution is -0.0202. The Balaban J connectivity index is 1.57. The van der Waals surface area contributed by atoms with Crippen LogP contribution in [0.5, 0.6) is 0 Å². The maximum atomic E-state index is 6.20. The van der Waals surface area contributed by atoms with Gasteiger partial charge in [-0.1, -0.05) is 20.8 Å². The van der Waals surface area contributed by atoms with Crippen LogP contribution < -0.4 is 0 Å². The molecule has 2 heterocycles. The lowest BCUT2D eigenvalue weighted by Gasteiger charge is -2.35. The van der Waals surface area contributed by atoms with Crippen molar-refractivity contribution in [3.63, 3.8) is 0 Å². The highest BCUT2D eigenvalue weighted by Gasteiger charge is 2.23. The minimum Gasteiger partial charge on any atom is -0.378 e. The average Bonchev–Trinajstić information content (AvgIpc) is 2.46. The maximum Gasteiger partial charge on any atom is 0.0599 e. The fourth-order valence-electron chi connectivity index (χ4n) is 3.52. The Bertz CT molecular complexity index is 254. The molecule has 2 aliphatic rings. The number of likely N-dealkylation sites (tertiary alicyclic amines) is 2. The first-order valence-electron chi connectivity index (χ1n) is 8.73. The van der Waals surface area contributed by atoms with E-state index in [0.29, 0.717) is 6.10 Å². The van der Waals surface area contributed by atoms with Crippen LogP contribution in [0.2, 0.25) is 0 Å². The Morgan fingerprint density at radius 1 is 0.950 bits per heavy atom. The summed E-state index contributed by atoms with van der Waals surface area (Å²) in [6.45, 7) is 15.4. The van der Waals surface area contributed by atoms with E-state index >= 15 is 0 Å². The Morgan fingerprint density at radius 3 is 2.10 bits per heavy atom. The van der Waals surface area contributed by atoms with E-state index in [1.807, 2.05) is 0 Å². The van der Waals surface area contributed by atoms with Crippen molar-refractivity contribution in [3.05, 3.63) is 0 Å². The van der Waals surface area contributed by atoms with Gasteiger partial charge in [0.05, 0.1) is 6.10 Å². The first-order valence-corrected chi connectivity index (χ1v) is 8.73. The van der Waals surface area contributed by atoms with Gasteiger partial charge in [0.1, 0.15) is 0 Å². The minimum absolute atomic E-state index is 0.530. The van der Waals surface area contributed by atoms with Gasteiger partial charge >= 0.3 is 0 Å². The van der Waals surface area contributed by atoms with E-state index in [-0.39, 0.29) is 0 Å². The van der Waals surface area contributed by atoms with Gasteiger partial charge in [-0.15, -0.1) is 0 Å². The van der Waals surface area contributed by atoms with Crippen molar-refractivity contribution in [1.82, 2.24) is 9.80 Å². The SMILES string of the molecule is CCN1CCC(COC2CCN(CC(C)C)CC2)CC1. The van der Waals surface area contributed by atoms with Crippen molar-refractivity contribution in [1.29, 1.82) is 0 Å². The van der Waals surface area contributed by atoms with Crippen molar-refractivity contribution in [3.8, 4) is 0 Å². The van der Waals surface area contributed by atoms with Gasteiger partial charge in [0.15, 0.2) is 0 Å². The summed E-state index contributed by atoms with van der Waals surface area (Å²) < 4.78 is 6.20. The summed E-state index contributed by atoms with van der Waals surface area (Å²) in [5, 5.41) is 0. The highest BCUT2D eigenvalue weighted by Crippen LogP contribution is 2.20. The summed E-state index contributed by atoms with van der Waals surface area (Å²) >= 11 is 0. The molecule has 0 unspecified atom stereocenters. The van der Waals surface area contributed by atoms with Gasteiger partial charge in [-0.3, -0.25) is 0 Å². The fourth-order valence-corrected chi connectivity index (χ4v) is 3.52. The van der Waals surface area contributed by atoms with E-state index in [1.54, 1.807) is 0 Å². The Labute approximate surface area is 125 Å². The van der Waals surface area contributed by atoms with Crippen LogP contribution in [-0.4, -0.2) is 61.8 Å². The Morgan fingerprint density at radius 2 is 1.55 bits per heavy atom. The highest BCUT2D eigenvalue weighted by atomic mass is 16.5. The minimum atomic E-state index is 0.530. The molecule has 118 valence electrons. The zero-order valence-electron chi connectivity index (χ0n) is 13.8. The van der Waals surface area contributed by atoms with Gasteiger partial charge in [-0.2, -0.15) is 0 Å². The molecule has 0 atom stereocenters. The summed E-state index contributed by atoms with van der Waals surface area (Å²) in [5.41, 5.74) is 0. The van der Waals surface area contributed by atoms with Gasteiger partial charge < -0.3 is 14.5 Å². The Kier molecular flexibility index (Phi) is 6.79. The van der Waals surface area contributed by atoms with Gasteiger partial charge in [0.2, 0.25) is 0 Å². The van der Waals surface area contributed by atoms with Crippen LogP contribution in [0.25, 0.3) is 0 Å². The topological polar surface area (TPSA) is 15.7 Å². The molecule has 0 aromatic rings. The number of rotatable bonds is 6. The summed E-state index contributed by atoms with van der Waals surface area (Å²) in [6, 6.07) is 0. The van der Waals surface area contributed by atoms with E-state index in [4.69, 9.17) is 4.74 Å². The molecule has 3 heteroatoms. The van der Waals surface area contributed by atoms with Gasteiger partial charge in [-0.05, 0) is 57.2 Å². The van der Waals surface area contributed by atoms with Crippen LogP contribution in [0.3, 0.4) is 0 Å². The third kappa shape index (κ3) is 5.34. The van der Waals surface area contributed by atoms with Gasteiger partial charge in [0.25, 0.3) is 0 Å². The average molecular weight is 282 g/mol. The predicted molar refractivity (Wildman–Crippen MR) is 85.1 cm³/mol. The predicted octanol–water partition coefficient (Wildman–Crippen LogP) is 2.86. The second-order valence-electron chi connectivity index (χ2n) is 7.10. The molecular formula is C17H34N2O. The summed E-state index contributed by atoms with van der Waals surface area (Å²) in [7, 11) is 0. The van der Waals surface area contributed by atoms with E-state index in [0.717, 1.165) is 18.4 Å². The number of hydrogen-bond acceptors (Lipinski definition) is 3. The van der Waals surface area contributed by atoms with Crippen LogP contribution >= 0.6 is 0 Å². The molecule has 2 saturated heterocycles. The Hall–Kier alpha value is -0.120. The first kappa shape index (κ1) is 16.3. The van der Waals surface area contributed by atoms with Crippen molar-refractivity contribution in [2.75, 3.05) is 45.9 Å². The molecular weight excluding hydrogens is 248 g/mol. The van der Waals surface area contributed by atoms with Crippen molar-refractivity contribution >= 4 is 0 Å². The molecule has 0 aromatic heterocycles.